The molecule has 0 fully saturated rings. The molecule has 0 spiro atoms. The summed E-state index contributed by atoms with van der Waals surface area (Å²) in [5.41, 5.74) is 2.52. The number of imidazole rings is 1. The molecule has 116 valence electrons. The van der Waals surface area contributed by atoms with Gasteiger partial charge in [0.25, 0.3) is 0 Å². The second-order valence-corrected chi connectivity index (χ2v) is 5.64. The molecule has 0 N–H and O–H groups in total. The van der Waals surface area contributed by atoms with Crippen LogP contribution in [0.4, 0.5) is 11.5 Å². The Labute approximate surface area is 133 Å². The van der Waals surface area contributed by atoms with Gasteiger partial charge in [0.15, 0.2) is 17.3 Å². The first kappa shape index (κ1) is 13.8. The van der Waals surface area contributed by atoms with E-state index >= 15 is 0 Å². The molecule has 0 bridgehead atoms. The van der Waals surface area contributed by atoms with Gasteiger partial charge >= 0.3 is 0 Å². The van der Waals surface area contributed by atoms with E-state index in [4.69, 9.17) is 9.47 Å². The van der Waals surface area contributed by atoms with Gasteiger partial charge in [0.1, 0.15) is 5.65 Å². The molecule has 3 aromatic rings. The summed E-state index contributed by atoms with van der Waals surface area (Å²) >= 11 is 0. The molecule has 4 rings (SSSR count). The highest BCUT2D eigenvalue weighted by molar-refractivity contribution is 5.55. The molecule has 0 saturated carbocycles. The number of ether oxygens (including phenoxy) is 2. The van der Waals surface area contributed by atoms with Gasteiger partial charge in [0, 0.05) is 12.3 Å². The van der Waals surface area contributed by atoms with Crippen molar-refractivity contribution in [3.63, 3.8) is 0 Å². The molecule has 6 nitrogen and oxygen atoms in total. The molecule has 1 aliphatic rings. The van der Waals surface area contributed by atoms with Crippen LogP contribution in [0.1, 0.15) is 25.5 Å². The monoisotopic (exact) mass is 308 g/mol. The number of hydrogen-bond acceptors (Lipinski definition) is 5. The summed E-state index contributed by atoms with van der Waals surface area (Å²) in [5, 5.41) is 8.79. The van der Waals surface area contributed by atoms with Crippen LogP contribution in [0.25, 0.3) is 5.65 Å². The Morgan fingerprint density at radius 1 is 1.09 bits per heavy atom. The van der Waals surface area contributed by atoms with E-state index in [1.807, 2.05) is 47.0 Å². The normalized spacial score (nSPS) is 13.5. The van der Waals surface area contributed by atoms with Crippen LogP contribution in [0.15, 0.2) is 52.8 Å². The highest BCUT2D eigenvalue weighted by atomic mass is 16.7. The molecule has 1 aromatic carbocycles. The smallest absolute Gasteiger partial charge is 0.231 e. The lowest BCUT2D eigenvalue weighted by Crippen LogP contribution is -1.92. The molecule has 0 atom stereocenters. The maximum absolute atomic E-state index is 5.37. The van der Waals surface area contributed by atoms with E-state index in [0.717, 1.165) is 28.6 Å². The van der Waals surface area contributed by atoms with Crippen molar-refractivity contribution in [2.75, 3.05) is 6.79 Å². The van der Waals surface area contributed by atoms with Crippen LogP contribution in [0.5, 0.6) is 11.5 Å². The summed E-state index contributed by atoms with van der Waals surface area (Å²) in [7, 11) is 0. The highest BCUT2D eigenvalue weighted by Crippen LogP contribution is 2.36. The lowest BCUT2D eigenvalue weighted by atomic mass is 10.1. The maximum atomic E-state index is 5.37. The number of nitrogens with zero attached hydrogens (tertiary/aromatic N) is 4. The molecule has 1 aliphatic heterocycles. The Bertz CT molecular complexity index is 899. The maximum Gasteiger partial charge on any atom is 0.231 e. The first-order valence-corrected chi connectivity index (χ1v) is 7.51. The van der Waals surface area contributed by atoms with E-state index < -0.39 is 0 Å². The van der Waals surface area contributed by atoms with Crippen LogP contribution in [-0.2, 0) is 0 Å². The minimum Gasteiger partial charge on any atom is -0.454 e. The fraction of sp³-hybridized carbons (Fsp3) is 0.235. The van der Waals surface area contributed by atoms with E-state index in [9.17, 15) is 0 Å². The molecule has 2 aromatic heterocycles. The van der Waals surface area contributed by atoms with Crippen LogP contribution in [0.3, 0.4) is 0 Å². The SMILES string of the molecule is CC(C)c1nc2ccccn2c1N=Nc1ccc2c(c1)OCO2. The molecular weight excluding hydrogens is 292 g/mol. The zero-order chi connectivity index (χ0) is 15.8. The number of pyridine rings is 1. The number of aromatic nitrogens is 2. The van der Waals surface area contributed by atoms with Crippen LogP contribution < -0.4 is 9.47 Å². The Morgan fingerprint density at radius 3 is 2.83 bits per heavy atom. The van der Waals surface area contributed by atoms with Crippen molar-refractivity contribution < 1.29 is 9.47 Å². The van der Waals surface area contributed by atoms with Gasteiger partial charge in [-0.25, -0.2) is 4.98 Å². The molecule has 0 aliphatic carbocycles. The third kappa shape index (κ3) is 2.42. The van der Waals surface area contributed by atoms with Crippen molar-refractivity contribution >= 4 is 17.2 Å². The topological polar surface area (TPSA) is 60.5 Å². The van der Waals surface area contributed by atoms with Crippen LogP contribution in [-0.4, -0.2) is 16.2 Å². The van der Waals surface area contributed by atoms with Gasteiger partial charge < -0.3 is 9.47 Å². The molecule has 0 unspecified atom stereocenters. The molecule has 0 amide bonds. The van der Waals surface area contributed by atoms with Crippen LogP contribution in [0.2, 0.25) is 0 Å². The van der Waals surface area contributed by atoms with Crippen molar-refractivity contribution in [1.29, 1.82) is 0 Å². The van der Waals surface area contributed by atoms with E-state index in [-0.39, 0.29) is 12.7 Å². The van der Waals surface area contributed by atoms with Gasteiger partial charge in [-0.15, -0.1) is 10.2 Å². The van der Waals surface area contributed by atoms with Crippen LogP contribution >= 0.6 is 0 Å². The van der Waals surface area contributed by atoms with Crippen molar-refractivity contribution in [3.05, 3.63) is 48.3 Å². The number of hydrogen-bond donors (Lipinski definition) is 0. The van der Waals surface area contributed by atoms with E-state index in [0.29, 0.717) is 5.75 Å². The Morgan fingerprint density at radius 2 is 1.96 bits per heavy atom. The van der Waals surface area contributed by atoms with Gasteiger partial charge in [-0.3, -0.25) is 4.40 Å². The minimum atomic E-state index is 0.251. The molecule has 0 radical (unpaired) electrons. The summed E-state index contributed by atoms with van der Waals surface area (Å²) in [6, 6.07) is 11.4. The fourth-order valence-electron chi connectivity index (χ4n) is 2.54. The van der Waals surface area contributed by atoms with Gasteiger partial charge in [-0.1, -0.05) is 19.9 Å². The largest absolute Gasteiger partial charge is 0.454 e. The van der Waals surface area contributed by atoms with Gasteiger partial charge in [0.2, 0.25) is 6.79 Å². The average molecular weight is 308 g/mol. The van der Waals surface area contributed by atoms with Crippen molar-refractivity contribution in [2.45, 2.75) is 19.8 Å². The van der Waals surface area contributed by atoms with Gasteiger partial charge in [-0.05, 0) is 30.2 Å². The lowest BCUT2D eigenvalue weighted by molar-refractivity contribution is 0.174. The predicted octanol–water partition coefficient (Wildman–Crippen LogP) is 4.60. The second kappa shape index (κ2) is 5.39. The predicted molar refractivity (Wildman–Crippen MR) is 86.0 cm³/mol. The second-order valence-electron chi connectivity index (χ2n) is 5.64. The van der Waals surface area contributed by atoms with Crippen molar-refractivity contribution in [2.24, 2.45) is 10.2 Å². The van der Waals surface area contributed by atoms with Crippen molar-refractivity contribution in [3.8, 4) is 11.5 Å². The quantitative estimate of drug-likeness (QED) is 0.664. The van der Waals surface area contributed by atoms with E-state index in [1.165, 1.54) is 0 Å². The molecule has 3 heterocycles. The van der Waals surface area contributed by atoms with Crippen LogP contribution in [0, 0.1) is 0 Å². The number of rotatable bonds is 3. The number of azo groups is 1. The van der Waals surface area contributed by atoms with Gasteiger partial charge in [-0.2, -0.15) is 0 Å². The lowest BCUT2D eigenvalue weighted by Gasteiger charge is -2.01. The third-order valence-electron chi connectivity index (χ3n) is 3.69. The minimum absolute atomic E-state index is 0.251. The van der Waals surface area contributed by atoms with E-state index in [2.05, 4.69) is 29.1 Å². The first-order valence-electron chi connectivity index (χ1n) is 7.51. The Balaban J connectivity index is 1.76. The fourth-order valence-corrected chi connectivity index (χ4v) is 2.54. The summed E-state index contributed by atoms with van der Waals surface area (Å²) in [5.74, 6) is 2.46. The molecular formula is C17H16N4O2. The third-order valence-corrected chi connectivity index (χ3v) is 3.69. The Kier molecular flexibility index (Phi) is 3.22. The van der Waals surface area contributed by atoms with E-state index in [1.54, 1.807) is 0 Å². The zero-order valence-electron chi connectivity index (χ0n) is 12.9. The summed E-state index contributed by atoms with van der Waals surface area (Å²) < 4.78 is 12.6. The molecule has 0 saturated heterocycles. The first-order chi connectivity index (χ1) is 11.2. The molecule has 23 heavy (non-hydrogen) atoms. The van der Waals surface area contributed by atoms with Crippen molar-refractivity contribution in [1.82, 2.24) is 9.38 Å². The number of benzene rings is 1. The molecule has 6 heteroatoms. The highest BCUT2D eigenvalue weighted by Gasteiger charge is 2.15. The summed E-state index contributed by atoms with van der Waals surface area (Å²) in [6.07, 6.45) is 1.95. The zero-order valence-corrected chi connectivity index (χ0v) is 12.9. The number of fused-ring (bicyclic) bond motifs is 2. The Hall–Kier alpha value is -2.89. The summed E-state index contributed by atoms with van der Waals surface area (Å²) in [6.45, 7) is 4.45. The standard InChI is InChI=1S/C17H16N4O2/c1-11(2)16-17(21-8-4-3-5-15(21)18-16)20-19-12-6-7-13-14(9-12)23-10-22-13/h3-9,11H,10H2,1-2H3. The summed E-state index contributed by atoms with van der Waals surface area (Å²) in [4.78, 5) is 4.65. The average Bonchev–Trinajstić information content (AvgIpc) is 3.16. The van der Waals surface area contributed by atoms with Gasteiger partial charge in [0.05, 0.1) is 11.4 Å².